The molecule has 0 fully saturated rings. The van der Waals surface area contributed by atoms with Gasteiger partial charge in [0.05, 0.1) is 29.8 Å². The summed E-state index contributed by atoms with van der Waals surface area (Å²) in [6, 6.07) is 11.6. The van der Waals surface area contributed by atoms with Crippen molar-refractivity contribution in [3.05, 3.63) is 52.0 Å². The zero-order chi connectivity index (χ0) is 18.6. The van der Waals surface area contributed by atoms with Crippen LogP contribution in [0.25, 0.3) is 0 Å². The van der Waals surface area contributed by atoms with E-state index in [9.17, 15) is 13.2 Å². The van der Waals surface area contributed by atoms with Gasteiger partial charge in [-0.3, -0.25) is 9.10 Å². The molecule has 9 heteroatoms. The molecule has 0 spiro atoms. The smallest absolute Gasteiger partial charge is 0.245 e. The highest BCUT2D eigenvalue weighted by atomic mass is 79.9. The fourth-order valence-electron chi connectivity index (χ4n) is 2.09. The van der Waals surface area contributed by atoms with Crippen molar-refractivity contribution in [1.29, 1.82) is 0 Å². The van der Waals surface area contributed by atoms with E-state index in [1.54, 1.807) is 24.3 Å². The summed E-state index contributed by atoms with van der Waals surface area (Å²) in [5.74, 6) is -0.0687. The van der Waals surface area contributed by atoms with Crippen LogP contribution in [0, 0.1) is 0 Å². The number of hydrogen-bond acceptors (Lipinski definition) is 4. The summed E-state index contributed by atoms with van der Waals surface area (Å²) in [4.78, 5) is 12.3. The minimum absolute atomic E-state index is 0.250. The minimum atomic E-state index is -3.69. The predicted octanol–water partition coefficient (Wildman–Crippen LogP) is 3.52. The first kappa shape index (κ1) is 19.6. The maximum absolute atomic E-state index is 12.3. The highest BCUT2D eigenvalue weighted by molar-refractivity contribution is 9.10. The molecule has 0 aliphatic carbocycles. The van der Waals surface area contributed by atoms with Crippen LogP contribution in [0.5, 0.6) is 5.75 Å². The zero-order valence-corrected chi connectivity index (χ0v) is 16.7. The van der Waals surface area contributed by atoms with Crippen LogP contribution in [0.2, 0.25) is 5.02 Å². The summed E-state index contributed by atoms with van der Waals surface area (Å²) >= 11 is 9.38. The van der Waals surface area contributed by atoms with E-state index in [2.05, 4.69) is 21.2 Å². The summed E-state index contributed by atoms with van der Waals surface area (Å²) in [6.45, 7) is -0.386. The minimum Gasteiger partial charge on any atom is -0.495 e. The fraction of sp³-hybridized carbons (Fsp3) is 0.188. The molecule has 2 rings (SSSR count). The van der Waals surface area contributed by atoms with Crippen LogP contribution in [0.15, 0.2) is 46.9 Å². The van der Waals surface area contributed by atoms with E-state index in [0.29, 0.717) is 15.9 Å². The highest BCUT2D eigenvalue weighted by Crippen LogP contribution is 2.30. The summed E-state index contributed by atoms with van der Waals surface area (Å²) in [5.41, 5.74) is 0.823. The van der Waals surface area contributed by atoms with Gasteiger partial charge in [-0.15, -0.1) is 0 Å². The van der Waals surface area contributed by atoms with Crippen molar-refractivity contribution in [1.82, 2.24) is 0 Å². The molecule has 0 saturated carbocycles. The number of carbonyl (C=O) groups excluding carboxylic acids is 1. The van der Waals surface area contributed by atoms with Gasteiger partial charge in [0, 0.05) is 4.47 Å². The maximum Gasteiger partial charge on any atom is 0.245 e. The number of benzene rings is 2. The van der Waals surface area contributed by atoms with Crippen molar-refractivity contribution >= 4 is 54.8 Å². The number of methoxy groups -OCH3 is 1. The van der Waals surface area contributed by atoms with Gasteiger partial charge in [0.1, 0.15) is 12.3 Å². The van der Waals surface area contributed by atoms with Crippen molar-refractivity contribution in [2.45, 2.75) is 0 Å². The molecule has 0 radical (unpaired) electrons. The van der Waals surface area contributed by atoms with E-state index in [4.69, 9.17) is 16.3 Å². The van der Waals surface area contributed by atoms with Crippen molar-refractivity contribution < 1.29 is 17.9 Å². The van der Waals surface area contributed by atoms with Crippen LogP contribution < -0.4 is 14.4 Å². The van der Waals surface area contributed by atoms with Crippen LogP contribution >= 0.6 is 27.5 Å². The third kappa shape index (κ3) is 5.10. The molecule has 0 aliphatic rings. The number of carbonyl (C=O) groups is 1. The van der Waals surface area contributed by atoms with E-state index in [1.165, 1.54) is 19.2 Å². The number of ether oxygens (including phenoxy) is 1. The topological polar surface area (TPSA) is 75.7 Å². The molecule has 0 unspecified atom stereocenters. The second-order valence-corrected chi connectivity index (χ2v) is 8.28. The number of nitrogens with zero attached hydrogens (tertiary/aromatic N) is 1. The Hall–Kier alpha value is -1.77. The zero-order valence-electron chi connectivity index (χ0n) is 13.5. The Labute approximate surface area is 159 Å². The number of anilines is 2. The Bertz CT molecular complexity index is 889. The van der Waals surface area contributed by atoms with Crippen LogP contribution in [0.4, 0.5) is 11.4 Å². The Morgan fingerprint density at radius 2 is 1.96 bits per heavy atom. The summed E-state index contributed by atoms with van der Waals surface area (Å²) < 4.78 is 31.0. The summed E-state index contributed by atoms with van der Waals surface area (Å²) in [5, 5.41) is 2.92. The Kier molecular flexibility index (Phi) is 6.31. The first-order valence-electron chi connectivity index (χ1n) is 7.08. The Morgan fingerprint density at radius 3 is 2.52 bits per heavy atom. The number of halogens is 2. The van der Waals surface area contributed by atoms with Crippen molar-refractivity contribution in [3.8, 4) is 5.75 Å². The van der Waals surface area contributed by atoms with E-state index >= 15 is 0 Å². The normalized spacial score (nSPS) is 11.0. The Balaban J connectivity index is 2.26. The van der Waals surface area contributed by atoms with Gasteiger partial charge in [-0.25, -0.2) is 8.42 Å². The molecule has 2 aromatic rings. The number of hydrogen-bond donors (Lipinski definition) is 1. The Morgan fingerprint density at radius 1 is 1.28 bits per heavy atom. The van der Waals surface area contributed by atoms with E-state index in [1.807, 2.05) is 6.07 Å². The van der Waals surface area contributed by atoms with Gasteiger partial charge in [-0.1, -0.05) is 23.7 Å². The van der Waals surface area contributed by atoms with Gasteiger partial charge in [0.2, 0.25) is 15.9 Å². The lowest BCUT2D eigenvalue weighted by Crippen LogP contribution is -2.37. The van der Waals surface area contributed by atoms with E-state index in [0.717, 1.165) is 10.6 Å². The molecule has 6 nitrogen and oxygen atoms in total. The summed E-state index contributed by atoms with van der Waals surface area (Å²) in [7, 11) is -2.23. The van der Waals surface area contributed by atoms with Crippen LogP contribution in [0.3, 0.4) is 0 Å². The van der Waals surface area contributed by atoms with E-state index in [-0.39, 0.29) is 17.3 Å². The second kappa shape index (κ2) is 8.07. The standard InChI is InChI=1S/C16H16BrClN2O4S/c1-24-15-8-7-11(9-13(15)18)20(25(2,22)23)10-16(21)19-14-6-4-3-5-12(14)17/h3-9H,10H2,1-2H3,(H,19,21). The molecule has 25 heavy (non-hydrogen) atoms. The van der Waals surface area contributed by atoms with E-state index < -0.39 is 15.9 Å². The first-order valence-corrected chi connectivity index (χ1v) is 10.1. The molecule has 0 atom stereocenters. The van der Waals surface area contributed by atoms with Crippen LogP contribution in [0.1, 0.15) is 0 Å². The number of sulfonamides is 1. The lowest BCUT2D eigenvalue weighted by atomic mass is 10.3. The number of nitrogens with one attached hydrogen (secondary N) is 1. The SMILES string of the molecule is COc1ccc(N(CC(=O)Nc2ccccc2Br)S(C)(=O)=O)cc1Cl. The molecule has 0 bridgehead atoms. The fourth-order valence-corrected chi connectivity index (χ4v) is 3.58. The number of para-hydroxylation sites is 1. The third-order valence-electron chi connectivity index (χ3n) is 3.26. The average Bonchev–Trinajstić information content (AvgIpc) is 2.53. The number of amides is 1. The monoisotopic (exact) mass is 446 g/mol. The predicted molar refractivity (Wildman–Crippen MR) is 103 cm³/mol. The second-order valence-electron chi connectivity index (χ2n) is 5.12. The number of rotatable bonds is 6. The summed E-state index contributed by atoms with van der Waals surface area (Å²) in [6.07, 6.45) is 1.02. The third-order valence-corrected chi connectivity index (χ3v) is 5.39. The van der Waals surface area contributed by atoms with Gasteiger partial charge < -0.3 is 10.1 Å². The molecular formula is C16H16BrClN2O4S. The molecule has 1 N–H and O–H groups in total. The van der Waals surface area contributed by atoms with Crippen LogP contribution in [-0.2, 0) is 14.8 Å². The molecule has 0 aromatic heterocycles. The average molecular weight is 448 g/mol. The maximum atomic E-state index is 12.3. The molecule has 0 heterocycles. The van der Waals surface area contributed by atoms with Gasteiger partial charge in [-0.2, -0.15) is 0 Å². The van der Waals surface area contributed by atoms with Gasteiger partial charge in [0.15, 0.2) is 0 Å². The molecule has 0 saturated heterocycles. The lowest BCUT2D eigenvalue weighted by molar-refractivity contribution is -0.114. The van der Waals surface area contributed by atoms with Crippen molar-refractivity contribution in [3.63, 3.8) is 0 Å². The highest BCUT2D eigenvalue weighted by Gasteiger charge is 2.22. The van der Waals surface area contributed by atoms with Crippen LogP contribution in [-0.4, -0.2) is 34.2 Å². The van der Waals surface area contributed by atoms with Gasteiger partial charge in [-0.05, 0) is 46.3 Å². The quantitative estimate of drug-likeness (QED) is 0.735. The molecule has 1 amide bonds. The molecular weight excluding hydrogens is 432 g/mol. The molecule has 2 aromatic carbocycles. The van der Waals surface area contributed by atoms with Gasteiger partial charge >= 0.3 is 0 Å². The lowest BCUT2D eigenvalue weighted by Gasteiger charge is -2.22. The molecule has 134 valence electrons. The van der Waals surface area contributed by atoms with Crippen molar-refractivity contribution in [2.24, 2.45) is 0 Å². The van der Waals surface area contributed by atoms with Crippen molar-refractivity contribution in [2.75, 3.05) is 29.5 Å². The van der Waals surface area contributed by atoms with Gasteiger partial charge in [0.25, 0.3) is 0 Å². The molecule has 0 aliphatic heterocycles. The largest absolute Gasteiger partial charge is 0.495 e. The first-order chi connectivity index (χ1) is 11.7.